The molecular formula is C21H22N4O2. The summed E-state index contributed by atoms with van der Waals surface area (Å²) in [5, 5.41) is 6.54. The van der Waals surface area contributed by atoms with Crippen LogP contribution in [0.1, 0.15) is 28.7 Å². The van der Waals surface area contributed by atoms with Crippen LogP contribution < -0.4 is 15.4 Å². The SMILES string of the molecule is COc1ccc(CNc2cc(Nc3cccc(C(C)=O)c3)nc(C)n2)cc1. The van der Waals surface area contributed by atoms with Gasteiger partial charge in [0.1, 0.15) is 23.2 Å². The fraction of sp³-hybridized carbons (Fsp3) is 0.190. The maximum Gasteiger partial charge on any atom is 0.159 e. The second kappa shape index (κ2) is 8.31. The van der Waals surface area contributed by atoms with Crippen molar-refractivity contribution in [3.8, 4) is 5.75 Å². The van der Waals surface area contributed by atoms with E-state index in [0.717, 1.165) is 22.8 Å². The summed E-state index contributed by atoms with van der Waals surface area (Å²) in [6.45, 7) is 4.03. The normalized spacial score (nSPS) is 10.3. The summed E-state index contributed by atoms with van der Waals surface area (Å²) in [5.41, 5.74) is 2.58. The minimum Gasteiger partial charge on any atom is -0.497 e. The molecule has 0 aliphatic carbocycles. The van der Waals surface area contributed by atoms with Crippen molar-refractivity contribution >= 4 is 23.1 Å². The highest BCUT2D eigenvalue weighted by molar-refractivity contribution is 5.95. The van der Waals surface area contributed by atoms with Crippen LogP contribution in [0.4, 0.5) is 17.3 Å². The molecule has 3 aromatic rings. The van der Waals surface area contributed by atoms with Crippen LogP contribution in [-0.4, -0.2) is 22.9 Å². The number of carbonyl (C=O) groups is 1. The first kappa shape index (κ1) is 18.4. The lowest BCUT2D eigenvalue weighted by atomic mass is 10.1. The van der Waals surface area contributed by atoms with Gasteiger partial charge in [-0.3, -0.25) is 4.79 Å². The van der Waals surface area contributed by atoms with Gasteiger partial charge in [0.15, 0.2) is 5.78 Å². The zero-order chi connectivity index (χ0) is 19.2. The van der Waals surface area contributed by atoms with Crippen molar-refractivity contribution in [1.82, 2.24) is 9.97 Å². The van der Waals surface area contributed by atoms with Crippen LogP contribution in [0.15, 0.2) is 54.6 Å². The Hall–Kier alpha value is -3.41. The van der Waals surface area contributed by atoms with Crippen LogP contribution in [-0.2, 0) is 6.54 Å². The monoisotopic (exact) mass is 362 g/mol. The maximum atomic E-state index is 11.5. The Kier molecular flexibility index (Phi) is 5.66. The molecule has 27 heavy (non-hydrogen) atoms. The van der Waals surface area contributed by atoms with Crippen molar-refractivity contribution in [1.29, 1.82) is 0 Å². The average Bonchev–Trinajstić information content (AvgIpc) is 2.66. The van der Waals surface area contributed by atoms with E-state index in [4.69, 9.17) is 4.74 Å². The van der Waals surface area contributed by atoms with Gasteiger partial charge in [-0.25, -0.2) is 9.97 Å². The topological polar surface area (TPSA) is 76.1 Å². The molecule has 1 heterocycles. The van der Waals surface area contributed by atoms with Gasteiger partial charge in [0, 0.05) is 23.9 Å². The minimum absolute atomic E-state index is 0.0272. The summed E-state index contributed by atoms with van der Waals surface area (Å²) in [4.78, 5) is 20.4. The number of benzene rings is 2. The van der Waals surface area contributed by atoms with Crippen LogP contribution in [0.2, 0.25) is 0 Å². The number of nitrogens with one attached hydrogen (secondary N) is 2. The molecule has 0 saturated carbocycles. The maximum absolute atomic E-state index is 11.5. The zero-order valence-corrected chi connectivity index (χ0v) is 15.6. The van der Waals surface area contributed by atoms with Gasteiger partial charge in [-0.1, -0.05) is 24.3 Å². The standard InChI is InChI=1S/C21H22N4O2/c1-14(26)17-5-4-6-18(11-17)25-21-12-20(23-15(2)24-21)22-13-16-7-9-19(27-3)10-8-16/h4-12H,13H2,1-3H3,(H2,22,23,24,25). The molecule has 138 valence electrons. The van der Waals surface area contributed by atoms with Crippen LogP contribution in [0, 0.1) is 6.92 Å². The summed E-state index contributed by atoms with van der Waals surface area (Å²) >= 11 is 0. The average molecular weight is 362 g/mol. The van der Waals surface area contributed by atoms with E-state index in [2.05, 4.69) is 20.6 Å². The Labute approximate surface area is 158 Å². The quantitative estimate of drug-likeness (QED) is 0.609. The third-order valence-corrected chi connectivity index (χ3v) is 4.01. The second-order valence-electron chi connectivity index (χ2n) is 6.15. The Morgan fingerprint density at radius 1 is 1.04 bits per heavy atom. The first-order valence-corrected chi connectivity index (χ1v) is 8.64. The number of carbonyl (C=O) groups excluding carboxylic acids is 1. The predicted molar refractivity (Wildman–Crippen MR) is 107 cm³/mol. The van der Waals surface area contributed by atoms with Crippen molar-refractivity contribution in [3.63, 3.8) is 0 Å². The Bertz CT molecular complexity index is 939. The van der Waals surface area contributed by atoms with Crippen LogP contribution in [0.3, 0.4) is 0 Å². The van der Waals surface area contributed by atoms with Gasteiger partial charge in [-0.2, -0.15) is 0 Å². The molecule has 6 nitrogen and oxygen atoms in total. The number of hydrogen-bond donors (Lipinski definition) is 2. The molecular weight excluding hydrogens is 340 g/mol. The highest BCUT2D eigenvalue weighted by atomic mass is 16.5. The highest BCUT2D eigenvalue weighted by Gasteiger charge is 2.05. The van der Waals surface area contributed by atoms with Crippen LogP contribution in [0.5, 0.6) is 5.75 Å². The van der Waals surface area contributed by atoms with Crippen molar-refractivity contribution in [3.05, 3.63) is 71.5 Å². The molecule has 0 aliphatic heterocycles. The zero-order valence-electron chi connectivity index (χ0n) is 15.6. The molecule has 3 rings (SSSR count). The van der Waals surface area contributed by atoms with Gasteiger partial charge in [0.25, 0.3) is 0 Å². The first-order chi connectivity index (χ1) is 13.0. The minimum atomic E-state index is 0.0272. The number of rotatable bonds is 7. The van der Waals surface area contributed by atoms with E-state index in [1.165, 1.54) is 0 Å². The van der Waals surface area contributed by atoms with E-state index in [1.807, 2.05) is 55.5 Å². The number of ketones is 1. The fourth-order valence-electron chi connectivity index (χ4n) is 2.62. The lowest BCUT2D eigenvalue weighted by molar-refractivity contribution is 0.101. The van der Waals surface area contributed by atoms with Gasteiger partial charge in [-0.05, 0) is 43.7 Å². The molecule has 0 aliphatic rings. The number of methoxy groups -OCH3 is 1. The van der Waals surface area contributed by atoms with Crippen LogP contribution in [0.25, 0.3) is 0 Å². The van der Waals surface area contributed by atoms with Crippen molar-refractivity contribution < 1.29 is 9.53 Å². The number of aryl methyl sites for hydroxylation is 1. The summed E-state index contributed by atoms with van der Waals surface area (Å²) in [5.74, 6) is 2.90. The van der Waals surface area contributed by atoms with Gasteiger partial charge >= 0.3 is 0 Å². The molecule has 0 spiro atoms. The van der Waals surface area contributed by atoms with E-state index >= 15 is 0 Å². The van der Waals surface area contributed by atoms with Gasteiger partial charge in [0.2, 0.25) is 0 Å². The largest absolute Gasteiger partial charge is 0.497 e. The van der Waals surface area contributed by atoms with E-state index < -0.39 is 0 Å². The summed E-state index contributed by atoms with van der Waals surface area (Å²) in [6.07, 6.45) is 0. The summed E-state index contributed by atoms with van der Waals surface area (Å²) < 4.78 is 5.17. The van der Waals surface area contributed by atoms with E-state index in [0.29, 0.717) is 23.8 Å². The lowest BCUT2D eigenvalue weighted by Gasteiger charge is -2.11. The molecule has 0 saturated heterocycles. The Balaban J connectivity index is 1.71. The lowest BCUT2D eigenvalue weighted by Crippen LogP contribution is -2.05. The van der Waals surface area contributed by atoms with E-state index in [9.17, 15) is 4.79 Å². The first-order valence-electron chi connectivity index (χ1n) is 8.64. The molecule has 0 amide bonds. The summed E-state index contributed by atoms with van der Waals surface area (Å²) in [7, 11) is 1.65. The molecule has 2 aromatic carbocycles. The van der Waals surface area contributed by atoms with E-state index in [-0.39, 0.29) is 5.78 Å². The smallest absolute Gasteiger partial charge is 0.159 e. The number of Topliss-reactive ketones (excluding diaryl/α,β-unsaturated/α-hetero) is 1. The number of nitrogens with zero attached hydrogens (tertiary/aromatic N) is 2. The Morgan fingerprint density at radius 3 is 2.48 bits per heavy atom. The van der Waals surface area contributed by atoms with Crippen molar-refractivity contribution in [2.75, 3.05) is 17.7 Å². The molecule has 0 fully saturated rings. The van der Waals surface area contributed by atoms with Gasteiger partial charge in [-0.15, -0.1) is 0 Å². The van der Waals surface area contributed by atoms with Crippen molar-refractivity contribution in [2.24, 2.45) is 0 Å². The molecule has 2 N–H and O–H groups in total. The number of aromatic nitrogens is 2. The second-order valence-corrected chi connectivity index (χ2v) is 6.15. The van der Waals surface area contributed by atoms with Gasteiger partial charge in [0.05, 0.1) is 7.11 Å². The molecule has 1 aromatic heterocycles. The summed E-state index contributed by atoms with van der Waals surface area (Å²) in [6, 6.07) is 17.1. The number of anilines is 3. The molecule has 6 heteroatoms. The highest BCUT2D eigenvalue weighted by Crippen LogP contribution is 2.19. The van der Waals surface area contributed by atoms with Crippen LogP contribution >= 0.6 is 0 Å². The number of ether oxygens (including phenoxy) is 1. The third-order valence-electron chi connectivity index (χ3n) is 4.01. The Morgan fingerprint density at radius 2 is 1.78 bits per heavy atom. The molecule has 0 radical (unpaired) electrons. The van der Waals surface area contributed by atoms with Gasteiger partial charge < -0.3 is 15.4 Å². The number of hydrogen-bond acceptors (Lipinski definition) is 6. The van der Waals surface area contributed by atoms with E-state index in [1.54, 1.807) is 20.1 Å². The molecule has 0 bridgehead atoms. The fourth-order valence-corrected chi connectivity index (χ4v) is 2.62. The molecule has 0 unspecified atom stereocenters. The third kappa shape index (κ3) is 5.04. The predicted octanol–water partition coefficient (Wildman–Crippen LogP) is 4.35. The molecule has 0 atom stereocenters. The van der Waals surface area contributed by atoms with Crippen molar-refractivity contribution in [2.45, 2.75) is 20.4 Å².